The molecule has 0 aliphatic heterocycles. The van der Waals surface area contributed by atoms with Crippen molar-refractivity contribution in [2.75, 3.05) is 0 Å². The molecule has 1 heterocycles. The molecule has 5 nitrogen and oxygen atoms in total. The molecule has 58 valence electrons. The molecule has 0 saturated heterocycles. The predicted octanol–water partition coefficient (Wildman–Crippen LogP) is -0.237. The van der Waals surface area contributed by atoms with Crippen LogP contribution in [0.1, 0.15) is 0 Å². The van der Waals surface area contributed by atoms with Gasteiger partial charge in [0.05, 0.1) is 0 Å². The fourth-order valence-corrected chi connectivity index (χ4v) is 0.278. The number of hydrogen-bond donors (Lipinski definition) is 3. The van der Waals surface area contributed by atoms with E-state index in [0.717, 1.165) is 0 Å². The Morgan fingerprint density at radius 2 is 1.60 bits per heavy atom. The van der Waals surface area contributed by atoms with Crippen molar-refractivity contribution in [2.45, 2.75) is 0 Å². The fraction of sp³-hybridized carbons (Fsp3) is 0. The highest BCUT2D eigenvalue weighted by Gasteiger charge is 1.81. The zero-order valence-electron chi connectivity index (χ0n) is 5.06. The Balaban J connectivity index is 0.000000162. The number of hydrogen-bond acceptors (Lipinski definition) is 2. The Kier molecular flexibility index (Phi) is 3.70. The molecule has 1 aromatic heterocycles. The molecule has 0 fully saturated rings. The van der Waals surface area contributed by atoms with Gasteiger partial charge in [-0.3, -0.25) is 4.55 Å². The van der Waals surface area contributed by atoms with Gasteiger partial charge in [-0.1, -0.05) is 0 Å². The van der Waals surface area contributed by atoms with Crippen LogP contribution in [0.2, 0.25) is 0 Å². The van der Waals surface area contributed by atoms with Crippen LogP contribution in [0, 0.1) is 0 Å². The van der Waals surface area contributed by atoms with Crippen molar-refractivity contribution < 1.29 is 13.0 Å². The van der Waals surface area contributed by atoms with E-state index in [1.165, 1.54) is 0 Å². The lowest BCUT2D eigenvalue weighted by atomic mass is 10.7. The molecule has 0 unspecified atom stereocenters. The van der Waals surface area contributed by atoms with Crippen LogP contribution in [0.4, 0.5) is 0 Å². The third kappa shape index (κ3) is 15.7. The Bertz CT molecular complexity index is 214. The molecular formula is C4H8N2O3S. The van der Waals surface area contributed by atoms with Crippen LogP contribution in [-0.2, 0) is 10.3 Å². The van der Waals surface area contributed by atoms with Crippen LogP contribution in [0.3, 0.4) is 0 Å². The van der Waals surface area contributed by atoms with Crippen molar-refractivity contribution in [1.82, 2.24) is 4.98 Å². The van der Waals surface area contributed by atoms with Crippen LogP contribution in [-0.4, -0.2) is 18.0 Å². The fourth-order valence-electron chi connectivity index (χ4n) is 0.278. The number of nitrogens with one attached hydrogen (secondary N) is 1. The summed E-state index contributed by atoms with van der Waals surface area (Å²) >= 11 is 0. The summed E-state index contributed by atoms with van der Waals surface area (Å²) in [6.07, 6.45) is 3.75. The quantitative estimate of drug-likeness (QED) is 0.462. The zero-order chi connectivity index (χ0) is 8.04. The lowest BCUT2D eigenvalue weighted by Gasteiger charge is -1.70. The first-order chi connectivity index (χ1) is 4.50. The van der Waals surface area contributed by atoms with Gasteiger partial charge in [-0.2, -0.15) is 8.42 Å². The van der Waals surface area contributed by atoms with Gasteiger partial charge in [0.1, 0.15) is 0 Å². The third-order valence-electron chi connectivity index (χ3n) is 0.496. The molecule has 0 amide bonds. The Hall–Kier alpha value is -0.850. The van der Waals surface area contributed by atoms with E-state index >= 15 is 0 Å². The van der Waals surface area contributed by atoms with Crippen LogP contribution in [0.25, 0.3) is 0 Å². The largest absolute Gasteiger partial charge is 0.368 e. The maximum Gasteiger partial charge on any atom is 0.330 e. The highest BCUT2D eigenvalue weighted by Crippen LogP contribution is 1.72. The summed E-state index contributed by atoms with van der Waals surface area (Å²) < 4.78 is 25.2. The second-order valence-corrected chi connectivity index (χ2v) is 2.43. The third-order valence-corrected chi connectivity index (χ3v) is 0.496. The summed E-state index contributed by atoms with van der Waals surface area (Å²) in [5, 5.41) is 3.88. The average molecular weight is 164 g/mol. The van der Waals surface area contributed by atoms with Crippen molar-refractivity contribution >= 4 is 10.3 Å². The number of aromatic nitrogens is 1. The lowest BCUT2D eigenvalue weighted by Crippen LogP contribution is -2.08. The molecule has 1 rings (SSSR count). The molecule has 0 bridgehead atoms. The van der Waals surface area contributed by atoms with E-state index in [1.807, 2.05) is 24.5 Å². The van der Waals surface area contributed by atoms with Gasteiger partial charge in [0.25, 0.3) is 0 Å². The smallest absolute Gasteiger partial charge is 0.330 e. The zero-order valence-corrected chi connectivity index (χ0v) is 5.88. The van der Waals surface area contributed by atoms with Crippen molar-refractivity contribution in [3.8, 4) is 0 Å². The van der Waals surface area contributed by atoms with Crippen molar-refractivity contribution in [1.29, 1.82) is 0 Å². The second kappa shape index (κ2) is 4.04. The Morgan fingerprint density at radius 3 is 1.70 bits per heavy atom. The number of aromatic amines is 1. The average Bonchev–Trinajstić information content (AvgIpc) is 2.07. The monoisotopic (exact) mass is 164 g/mol. The van der Waals surface area contributed by atoms with Gasteiger partial charge >= 0.3 is 10.3 Å². The highest BCUT2D eigenvalue weighted by molar-refractivity contribution is 7.83. The summed E-state index contributed by atoms with van der Waals surface area (Å²) in [7, 11) is -4.17. The van der Waals surface area contributed by atoms with Crippen LogP contribution in [0.5, 0.6) is 0 Å². The molecule has 1 aromatic rings. The number of rotatable bonds is 0. The molecule has 0 spiro atoms. The van der Waals surface area contributed by atoms with Gasteiger partial charge in [0, 0.05) is 12.4 Å². The van der Waals surface area contributed by atoms with E-state index in [1.54, 1.807) is 0 Å². The van der Waals surface area contributed by atoms with E-state index in [2.05, 4.69) is 10.1 Å². The molecule has 10 heavy (non-hydrogen) atoms. The summed E-state index contributed by atoms with van der Waals surface area (Å²) in [6, 6.07) is 3.89. The van der Waals surface area contributed by atoms with Crippen LogP contribution >= 0.6 is 0 Å². The minimum atomic E-state index is -4.17. The predicted molar refractivity (Wildman–Crippen MR) is 36.5 cm³/mol. The first-order valence-corrected chi connectivity index (χ1v) is 3.83. The van der Waals surface area contributed by atoms with E-state index in [9.17, 15) is 0 Å². The minimum Gasteiger partial charge on any atom is -0.368 e. The first-order valence-electron chi connectivity index (χ1n) is 2.33. The molecule has 0 aliphatic carbocycles. The Morgan fingerprint density at radius 1 is 1.30 bits per heavy atom. The summed E-state index contributed by atoms with van der Waals surface area (Å²) in [4.78, 5) is 2.86. The van der Waals surface area contributed by atoms with Crippen molar-refractivity contribution in [3.63, 3.8) is 0 Å². The summed E-state index contributed by atoms with van der Waals surface area (Å²) in [5.41, 5.74) is 0. The Labute approximate surface area is 58.8 Å². The standard InChI is InChI=1S/C4H5N.H3NO3S/c1-2-4-5-3-1;1-5(2,3)4/h1-5H;(H3,1,2,3,4). The minimum absolute atomic E-state index is 1.88. The van der Waals surface area contributed by atoms with E-state index in [-0.39, 0.29) is 0 Å². The molecular weight excluding hydrogens is 156 g/mol. The summed E-state index contributed by atoms with van der Waals surface area (Å²) in [6.45, 7) is 0. The van der Waals surface area contributed by atoms with E-state index in [4.69, 9.17) is 13.0 Å². The van der Waals surface area contributed by atoms with E-state index < -0.39 is 10.3 Å². The molecule has 0 saturated carbocycles. The normalized spacial score (nSPS) is 9.80. The van der Waals surface area contributed by atoms with Gasteiger partial charge < -0.3 is 4.98 Å². The molecule has 4 N–H and O–H groups in total. The van der Waals surface area contributed by atoms with Crippen LogP contribution in [0.15, 0.2) is 24.5 Å². The molecule has 0 aromatic carbocycles. The molecule has 6 heteroatoms. The first kappa shape index (κ1) is 9.15. The second-order valence-electron chi connectivity index (χ2n) is 1.40. The van der Waals surface area contributed by atoms with Crippen LogP contribution < -0.4 is 5.14 Å². The maximum absolute atomic E-state index is 8.97. The van der Waals surface area contributed by atoms with Gasteiger partial charge in [-0.25, -0.2) is 5.14 Å². The van der Waals surface area contributed by atoms with Crippen molar-refractivity contribution in [2.24, 2.45) is 5.14 Å². The lowest BCUT2D eigenvalue weighted by molar-refractivity contribution is 0.485. The molecule has 0 atom stereocenters. The van der Waals surface area contributed by atoms with Gasteiger partial charge in [-0.05, 0) is 12.1 Å². The topological polar surface area (TPSA) is 96.2 Å². The van der Waals surface area contributed by atoms with Gasteiger partial charge in [0.2, 0.25) is 0 Å². The molecule has 0 aliphatic rings. The van der Waals surface area contributed by atoms with Gasteiger partial charge in [0.15, 0.2) is 0 Å². The van der Waals surface area contributed by atoms with Crippen molar-refractivity contribution in [3.05, 3.63) is 24.5 Å². The highest BCUT2D eigenvalue weighted by atomic mass is 32.2. The van der Waals surface area contributed by atoms with Gasteiger partial charge in [-0.15, -0.1) is 0 Å². The maximum atomic E-state index is 8.97. The summed E-state index contributed by atoms with van der Waals surface area (Å²) in [5.74, 6) is 0. The SMILES string of the molecule is NS(=O)(=O)O.c1cc[nH]c1. The van der Waals surface area contributed by atoms with E-state index in [0.29, 0.717) is 0 Å². The number of H-pyrrole nitrogens is 1. The number of nitrogens with two attached hydrogens (primary N) is 1. The molecule has 0 radical (unpaired) electrons.